The molecule has 0 spiro atoms. The van der Waals surface area contributed by atoms with Gasteiger partial charge in [-0.2, -0.15) is 0 Å². The summed E-state index contributed by atoms with van der Waals surface area (Å²) in [6.07, 6.45) is 7.94. The van der Waals surface area contributed by atoms with Gasteiger partial charge < -0.3 is 15.0 Å². The van der Waals surface area contributed by atoms with E-state index in [1.165, 1.54) is 17.4 Å². The summed E-state index contributed by atoms with van der Waals surface area (Å²) >= 11 is 1.50. The second kappa shape index (κ2) is 7.75. The van der Waals surface area contributed by atoms with Crippen LogP contribution >= 0.6 is 11.3 Å². The minimum absolute atomic E-state index is 0.0244. The standard InChI is InChI=1S/C15H19N3O2S/c1-2-6-18-7-5-16-14(18)9-17-15(20)4-3-13-8-12(10-19)11-21-13/h3-5,7-8,11,19H,2,6,9-10H2,1H3,(H,17,20). The number of aliphatic hydroxyl groups excluding tert-OH is 1. The quantitative estimate of drug-likeness (QED) is 0.771. The number of rotatable bonds is 7. The van der Waals surface area contributed by atoms with E-state index in [2.05, 4.69) is 17.2 Å². The Bertz CT molecular complexity index is 616. The van der Waals surface area contributed by atoms with Gasteiger partial charge in [0, 0.05) is 29.9 Å². The number of hydrogen-bond donors (Lipinski definition) is 2. The number of aryl methyl sites for hydroxylation is 1. The molecule has 0 saturated carbocycles. The lowest BCUT2D eigenvalue weighted by molar-refractivity contribution is -0.116. The van der Waals surface area contributed by atoms with Gasteiger partial charge in [0.2, 0.25) is 5.91 Å². The van der Waals surface area contributed by atoms with Crippen LogP contribution in [0.1, 0.15) is 29.6 Å². The number of carbonyl (C=O) groups is 1. The molecule has 5 nitrogen and oxygen atoms in total. The molecule has 0 fully saturated rings. The summed E-state index contributed by atoms with van der Waals surface area (Å²) in [4.78, 5) is 17.0. The molecule has 2 aromatic heterocycles. The third-order valence-electron chi connectivity index (χ3n) is 2.94. The minimum atomic E-state index is -0.153. The predicted molar refractivity (Wildman–Crippen MR) is 83.6 cm³/mol. The van der Waals surface area contributed by atoms with Gasteiger partial charge in [0.25, 0.3) is 0 Å². The number of carbonyl (C=O) groups excluding carboxylic acids is 1. The van der Waals surface area contributed by atoms with Crippen LogP contribution in [-0.4, -0.2) is 20.6 Å². The topological polar surface area (TPSA) is 67.2 Å². The Morgan fingerprint density at radius 2 is 2.43 bits per heavy atom. The fourth-order valence-corrected chi connectivity index (χ4v) is 2.70. The molecule has 0 aliphatic rings. The van der Waals surface area contributed by atoms with Crippen LogP contribution in [0.25, 0.3) is 6.08 Å². The molecular weight excluding hydrogens is 286 g/mol. The van der Waals surface area contributed by atoms with Crippen molar-refractivity contribution < 1.29 is 9.90 Å². The number of hydrogen-bond acceptors (Lipinski definition) is 4. The summed E-state index contributed by atoms with van der Waals surface area (Å²) in [6.45, 7) is 3.45. The molecule has 2 N–H and O–H groups in total. The summed E-state index contributed by atoms with van der Waals surface area (Å²) in [5, 5.41) is 13.7. The Balaban J connectivity index is 1.85. The molecule has 112 valence electrons. The molecule has 0 aliphatic heterocycles. The van der Waals surface area contributed by atoms with Crippen molar-refractivity contribution in [3.63, 3.8) is 0 Å². The zero-order valence-electron chi connectivity index (χ0n) is 12.0. The molecule has 0 aliphatic carbocycles. The van der Waals surface area contributed by atoms with Crippen molar-refractivity contribution >= 4 is 23.3 Å². The number of imidazole rings is 1. The minimum Gasteiger partial charge on any atom is -0.392 e. The van der Waals surface area contributed by atoms with E-state index in [1.54, 1.807) is 12.3 Å². The van der Waals surface area contributed by atoms with E-state index in [9.17, 15) is 4.79 Å². The number of aliphatic hydroxyl groups is 1. The first-order chi connectivity index (χ1) is 10.2. The highest BCUT2D eigenvalue weighted by atomic mass is 32.1. The van der Waals surface area contributed by atoms with Crippen molar-refractivity contribution in [2.75, 3.05) is 0 Å². The number of nitrogens with zero attached hydrogens (tertiary/aromatic N) is 2. The van der Waals surface area contributed by atoms with Crippen molar-refractivity contribution in [2.24, 2.45) is 0 Å². The Labute approximate surface area is 128 Å². The molecule has 1 amide bonds. The van der Waals surface area contributed by atoms with Gasteiger partial charge in [0.15, 0.2) is 0 Å². The van der Waals surface area contributed by atoms with Crippen molar-refractivity contribution in [3.8, 4) is 0 Å². The highest BCUT2D eigenvalue weighted by molar-refractivity contribution is 7.11. The molecule has 2 aromatic rings. The molecule has 0 saturated heterocycles. The second-order valence-corrected chi connectivity index (χ2v) is 5.55. The lowest BCUT2D eigenvalue weighted by atomic mass is 10.3. The van der Waals surface area contributed by atoms with Crippen LogP contribution in [0.5, 0.6) is 0 Å². The average Bonchev–Trinajstić information content (AvgIpc) is 3.12. The van der Waals surface area contributed by atoms with E-state index in [4.69, 9.17) is 5.11 Å². The van der Waals surface area contributed by atoms with Crippen molar-refractivity contribution in [2.45, 2.75) is 33.0 Å². The molecule has 2 heterocycles. The van der Waals surface area contributed by atoms with Crippen LogP contribution in [0.2, 0.25) is 0 Å². The lowest BCUT2D eigenvalue weighted by Crippen LogP contribution is -2.22. The molecular formula is C15H19N3O2S. The first-order valence-corrected chi connectivity index (χ1v) is 7.75. The summed E-state index contributed by atoms with van der Waals surface area (Å²) < 4.78 is 2.04. The van der Waals surface area contributed by atoms with Crippen molar-refractivity contribution in [3.05, 3.63) is 46.2 Å². The van der Waals surface area contributed by atoms with E-state index >= 15 is 0 Å². The van der Waals surface area contributed by atoms with Crippen molar-refractivity contribution in [1.29, 1.82) is 0 Å². The zero-order valence-corrected chi connectivity index (χ0v) is 12.8. The fourth-order valence-electron chi connectivity index (χ4n) is 1.90. The smallest absolute Gasteiger partial charge is 0.244 e. The van der Waals surface area contributed by atoms with Gasteiger partial charge in [-0.15, -0.1) is 11.3 Å². The van der Waals surface area contributed by atoms with Crippen LogP contribution in [0.3, 0.4) is 0 Å². The molecule has 0 atom stereocenters. The van der Waals surface area contributed by atoms with Gasteiger partial charge in [-0.1, -0.05) is 6.92 Å². The number of thiophene rings is 1. The summed E-state index contributed by atoms with van der Waals surface area (Å²) in [5.74, 6) is 0.706. The SMILES string of the molecule is CCCn1ccnc1CNC(=O)C=Cc1cc(CO)cs1. The van der Waals surface area contributed by atoms with Crippen molar-refractivity contribution in [1.82, 2.24) is 14.9 Å². The Hall–Kier alpha value is -1.92. The van der Waals surface area contributed by atoms with Crippen LogP contribution in [0, 0.1) is 0 Å². The average molecular weight is 305 g/mol. The van der Waals surface area contributed by atoms with E-state index in [-0.39, 0.29) is 12.5 Å². The Kier molecular flexibility index (Phi) is 5.71. The van der Waals surface area contributed by atoms with Crippen LogP contribution in [0.4, 0.5) is 0 Å². The molecule has 6 heteroatoms. The zero-order chi connectivity index (χ0) is 15.1. The van der Waals surface area contributed by atoms with E-state index in [1.807, 2.05) is 22.2 Å². The van der Waals surface area contributed by atoms with Gasteiger partial charge in [-0.25, -0.2) is 4.98 Å². The molecule has 0 radical (unpaired) electrons. The van der Waals surface area contributed by atoms with Crippen LogP contribution < -0.4 is 5.32 Å². The molecule has 0 bridgehead atoms. The third-order valence-corrected chi connectivity index (χ3v) is 3.89. The summed E-state index contributed by atoms with van der Waals surface area (Å²) in [6, 6.07) is 1.86. The van der Waals surface area contributed by atoms with E-state index < -0.39 is 0 Å². The normalized spacial score (nSPS) is 11.1. The maximum Gasteiger partial charge on any atom is 0.244 e. The molecule has 21 heavy (non-hydrogen) atoms. The third kappa shape index (κ3) is 4.54. The monoisotopic (exact) mass is 305 g/mol. The van der Waals surface area contributed by atoms with Gasteiger partial charge in [-0.05, 0) is 29.5 Å². The molecule has 2 rings (SSSR count). The summed E-state index contributed by atoms with van der Waals surface area (Å²) in [5.41, 5.74) is 0.863. The Morgan fingerprint density at radius 1 is 1.57 bits per heavy atom. The molecule has 0 aromatic carbocycles. The number of amides is 1. The molecule has 0 unspecified atom stereocenters. The van der Waals surface area contributed by atoms with E-state index in [0.29, 0.717) is 6.54 Å². The number of nitrogens with one attached hydrogen (secondary N) is 1. The highest BCUT2D eigenvalue weighted by Crippen LogP contribution is 2.15. The lowest BCUT2D eigenvalue weighted by Gasteiger charge is -2.06. The Morgan fingerprint density at radius 3 is 3.14 bits per heavy atom. The fraction of sp³-hybridized carbons (Fsp3) is 0.333. The first kappa shape index (κ1) is 15.5. The summed E-state index contributed by atoms with van der Waals surface area (Å²) in [7, 11) is 0. The van der Waals surface area contributed by atoms with Gasteiger partial charge >= 0.3 is 0 Å². The maximum atomic E-state index is 11.8. The largest absolute Gasteiger partial charge is 0.392 e. The van der Waals surface area contributed by atoms with Gasteiger partial charge in [0.1, 0.15) is 5.82 Å². The van der Waals surface area contributed by atoms with E-state index in [0.717, 1.165) is 29.2 Å². The van der Waals surface area contributed by atoms with Gasteiger partial charge in [0.05, 0.1) is 13.2 Å². The maximum absolute atomic E-state index is 11.8. The second-order valence-electron chi connectivity index (χ2n) is 4.60. The number of aromatic nitrogens is 2. The van der Waals surface area contributed by atoms with Gasteiger partial charge in [-0.3, -0.25) is 4.79 Å². The highest BCUT2D eigenvalue weighted by Gasteiger charge is 2.03. The van der Waals surface area contributed by atoms with Crippen LogP contribution in [-0.2, 0) is 24.5 Å². The van der Waals surface area contributed by atoms with Crippen LogP contribution in [0.15, 0.2) is 29.9 Å². The first-order valence-electron chi connectivity index (χ1n) is 6.87. The predicted octanol–water partition coefficient (Wildman–Crippen LogP) is 2.18.